The van der Waals surface area contributed by atoms with Gasteiger partial charge in [0.2, 0.25) is 0 Å². The van der Waals surface area contributed by atoms with E-state index in [2.05, 4.69) is 0 Å². The van der Waals surface area contributed by atoms with E-state index in [-0.39, 0.29) is 11.7 Å². The minimum atomic E-state index is -1.27. The van der Waals surface area contributed by atoms with E-state index in [0.29, 0.717) is 25.7 Å². The van der Waals surface area contributed by atoms with Gasteiger partial charge in [-0.25, -0.2) is 0 Å². The van der Waals surface area contributed by atoms with E-state index < -0.39 is 11.4 Å². The molecule has 0 N–H and O–H groups in total. The highest BCUT2D eigenvalue weighted by atomic mass is 16.4. The molecule has 0 bridgehead atoms. The summed E-state index contributed by atoms with van der Waals surface area (Å²) in [5.41, 5.74) is -1.27. The molecule has 0 unspecified atom stereocenters. The maximum absolute atomic E-state index is 12.1. The van der Waals surface area contributed by atoms with Gasteiger partial charge in [0.05, 0.1) is 11.4 Å². The monoisotopic (exact) mass is 213 g/mol. The van der Waals surface area contributed by atoms with Crippen molar-refractivity contribution in [2.75, 3.05) is 0 Å². The second-order valence-corrected chi connectivity index (χ2v) is 3.95. The average molecular weight is 213 g/mol. The number of aliphatic carboxylic acids is 1. The Balaban J connectivity index is 5.08. The van der Waals surface area contributed by atoms with Crippen LogP contribution in [0.25, 0.3) is 0 Å². The standard InChI is InChI=1S/C12H22O3/c1-5-9(6-2)10(13)12(7-3,8-4)11(14)15/h9H,5-8H2,1-4H3,(H,14,15)/p-1. The van der Waals surface area contributed by atoms with E-state index in [0.717, 1.165) is 0 Å². The van der Waals surface area contributed by atoms with Crippen molar-refractivity contribution < 1.29 is 14.7 Å². The smallest absolute Gasteiger partial charge is 0.147 e. The summed E-state index contributed by atoms with van der Waals surface area (Å²) in [6.45, 7) is 7.30. The lowest BCUT2D eigenvalue weighted by atomic mass is 9.72. The van der Waals surface area contributed by atoms with Gasteiger partial charge in [-0.3, -0.25) is 4.79 Å². The molecule has 0 saturated heterocycles. The number of carboxylic acid groups (broad SMARTS) is 1. The predicted molar refractivity (Wildman–Crippen MR) is 57.1 cm³/mol. The molecule has 0 aliphatic heterocycles. The van der Waals surface area contributed by atoms with Gasteiger partial charge in [-0.05, 0) is 25.7 Å². The number of hydrogen-bond acceptors (Lipinski definition) is 3. The highest BCUT2D eigenvalue weighted by Gasteiger charge is 2.39. The number of rotatable bonds is 7. The van der Waals surface area contributed by atoms with Crippen LogP contribution in [0, 0.1) is 11.3 Å². The Morgan fingerprint density at radius 1 is 1.07 bits per heavy atom. The topological polar surface area (TPSA) is 57.2 Å². The molecule has 0 aliphatic carbocycles. The number of hydrogen-bond donors (Lipinski definition) is 0. The second kappa shape index (κ2) is 5.89. The molecular weight excluding hydrogens is 192 g/mol. The van der Waals surface area contributed by atoms with Crippen LogP contribution in [0.2, 0.25) is 0 Å². The van der Waals surface area contributed by atoms with Crippen LogP contribution in [0.4, 0.5) is 0 Å². The Morgan fingerprint density at radius 2 is 1.47 bits per heavy atom. The minimum Gasteiger partial charge on any atom is -0.549 e. The molecule has 0 radical (unpaired) electrons. The molecule has 88 valence electrons. The van der Waals surface area contributed by atoms with Gasteiger partial charge in [-0.2, -0.15) is 0 Å². The van der Waals surface area contributed by atoms with Gasteiger partial charge >= 0.3 is 0 Å². The molecule has 0 atom stereocenters. The van der Waals surface area contributed by atoms with Crippen LogP contribution in [-0.2, 0) is 9.59 Å². The molecule has 0 saturated carbocycles. The molecule has 0 aromatic heterocycles. The van der Waals surface area contributed by atoms with Gasteiger partial charge in [0.1, 0.15) is 5.78 Å². The van der Waals surface area contributed by atoms with Crippen molar-refractivity contribution in [2.45, 2.75) is 53.4 Å². The molecule has 0 aromatic carbocycles. The van der Waals surface area contributed by atoms with Crippen LogP contribution in [-0.4, -0.2) is 11.8 Å². The summed E-state index contributed by atoms with van der Waals surface area (Å²) in [5.74, 6) is -1.52. The number of carboxylic acids is 1. The molecule has 0 spiro atoms. The van der Waals surface area contributed by atoms with Gasteiger partial charge in [-0.1, -0.05) is 27.7 Å². The van der Waals surface area contributed by atoms with Crippen LogP contribution < -0.4 is 5.11 Å². The van der Waals surface area contributed by atoms with Gasteiger partial charge in [0.15, 0.2) is 0 Å². The first kappa shape index (κ1) is 14.1. The highest BCUT2D eigenvalue weighted by Crippen LogP contribution is 2.32. The van der Waals surface area contributed by atoms with Crippen molar-refractivity contribution in [2.24, 2.45) is 11.3 Å². The Labute approximate surface area is 91.9 Å². The Bertz CT molecular complexity index is 225. The highest BCUT2D eigenvalue weighted by molar-refractivity contribution is 6.03. The van der Waals surface area contributed by atoms with Gasteiger partial charge in [0, 0.05) is 5.92 Å². The number of ketones is 1. The summed E-state index contributed by atoms with van der Waals surface area (Å²) >= 11 is 0. The number of carbonyl (C=O) groups excluding carboxylic acids is 2. The molecule has 0 aliphatic rings. The Morgan fingerprint density at radius 3 is 1.67 bits per heavy atom. The summed E-state index contributed by atoms with van der Waals surface area (Å²) in [4.78, 5) is 23.2. The van der Waals surface area contributed by atoms with Crippen molar-refractivity contribution in [3.63, 3.8) is 0 Å². The molecule has 15 heavy (non-hydrogen) atoms. The van der Waals surface area contributed by atoms with Gasteiger partial charge < -0.3 is 9.90 Å². The SMILES string of the molecule is CCC(CC)C(=O)C(CC)(CC)C(=O)[O-]. The van der Waals surface area contributed by atoms with Crippen molar-refractivity contribution in [3.8, 4) is 0 Å². The maximum atomic E-state index is 12.1. The van der Waals surface area contributed by atoms with E-state index in [9.17, 15) is 14.7 Å². The molecule has 0 aromatic rings. The second-order valence-electron chi connectivity index (χ2n) is 3.95. The molecule has 0 fully saturated rings. The third-order valence-corrected chi connectivity index (χ3v) is 3.43. The summed E-state index contributed by atoms with van der Waals surface area (Å²) < 4.78 is 0. The van der Waals surface area contributed by atoms with E-state index in [1.165, 1.54) is 0 Å². The number of Topliss-reactive ketones (excluding diaryl/α,β-unsaturated/α-hetero) is 1. The fraction of sp³-hybridized carbons (Fsp3) is 0.833. The lowest BCUT2D eigenvalue weighted by molar-refractivity contribution is -0.317. The zero-order chi connectivity index (χ0) is 12.1. The fourth-order valence-corrected chi connectivity index (χ4v) is 2.04. The third kappa shape index (κ3) is 2.58. The normalized spacial score (nSPS) is 11.8. The van der Waals surface area contributed by atoms with Crippen LogP contribution in [0.3, 0.4) is 0 Å². The van der Waals surface area contributed by atoms with Crippen molar-refractivity contribution in [3.05, 3.63) is 0 Å². The number of carbonyl (C=O) groups is 2. The van der Waals surface area contributed by atoms with Crippen LogP contribution in [0.5, 0.6) is 0 Å². The van der Waals surface area contributed by atoms with E-state index in [1.807, 2.05) is 13.8 Å². The first-order chi connectivity index (χ1) is 6.99. The van der Waals surface area contributed by atoms with Crippen LogP contribution in [0.1, 0.15) is 53.4 Å². The molecule has 3 heteroatoms. The summed E-state index contributed by atoms with van der Waals surface area (Å²) in [6, 6.07) is 0. The third-order valence-electron chi connectivity index (χ3n) is 3.43. The minimum absolute atomic E-state index is 0.150. The Kier molecular flexibility index (Phi) is 5.55. The van der Waals surface area contributed by atoms with Gasteiger partial charge in [-0.15, -0.1) is 0 Å². The largest absolute Gasteiger partial charge is 0.549 e. The van der Waals surface area contributed by atoms with Gasteiger partial charge in [0.25, 0.3) is 0 Å². The fourth-order valence-electron chi connectivity index (χ4n) is 2.04. The van der Waals surface area contributed by atoms with Crippen molar-refractivity contribution >= 4 is 11.8 Å². The zero-order valence-electron chi connectivity index (χ0n) is 10.1. The molecular formula is C12H21O3-. The van der Waals surface area contributed by atoms with Crippen LogP contribution in [0.15, 0.2) is 0 Å². The summed E-state index contributed by atoms with van der Waals surface area (Å²) in [5, 5.41) is 11.1. The summed E-state index contributed by atoms with van der Waals surface area (Å²) in [7, 11) is 0. The molecule has 0 heterocycles. The van der Waals surface area contributed by atoms with Crippen molar-refractivity contribution in [1.29, 1.82) is 0 Å². The Hall–Kier alpha value is -0.860. The zero-order valence-corrected chi connectivity index (χ0v) is 10.1. The lowest BCUT2D eigenvalue weighted by Gasteiger charge is -2.34. The molecule has 0 amide bonds. The summed E-state index contributed by atoms with van der Waals surface area (Å²) in [6.07, 6.45) is 2.04. The maximum Gasteiger partial charge on any atom is 0.147 e. The van der Waals surface area contributed by atoms with Crippen LogP contribution >= 0.6 is 0 Å². The van der Waals surface area contributed by atoms with E-state index >= 15 is 0 Å². The average Bonchev–Trinajstić information content (AvgIpc) is 2.22. The first-order valence-electron chi connectivity index (χ1n) is 5.75. The predicted octanol–water partition coefficient (Wildman–Crippen LogP) is 1.55. The van der Waals surface area contributed by atoms with E-state index in [4.69, 9.17) is 0 Å². The molecule has 3 nitrogen and oxygen atoms in total. The molecule has 0 rings (SSSR count). The quantitative estimate of drug-likeness (QED) is 0.603. The lowest BCUT2D eigenvalue weighted by Crippen LogP contribution is -2.49. The van der Waals surface area contributed by atoms with Crippen molar-refractivity contribution in [1.82, 2.24) is 0 Å². The van der Waals surface area contributed by atoms with E-state index in [1.54, 1.807) is 13.8 Å². The first-order valence-corrected chi connectivity index (χ1v) is 5.75.